The number of carbonyl (C=O) groups excluding carboxylic acids is 1. The number of hydrogen-bond acceptors (Lipinski definition) is 7. The molecule has 0 radical (unpaired) electrons. The lowest BCUT2D eigenvalue weighted by Gasteiger charge is -2.18. The summed E-state index contributed by atoms with van der Waals surface area (Å²) in [5.41, 5.74) is 3.56. The molecule has 10 heteroatoms. The molecule has 0 saturated heterocycles. The molecule has 5 aromatic rings. The number of rotatable bonds is 10. The minimum Gasteiger partial charge on any atom is -0.497 e. The number of aliphatic hydroxyl groups is 1. The van der Waals surface area contributed by atoms with E-state index in [0.717, 1.165) is 10.9 Å². The Balaban J connectivity index is 1.55. The standard InChI is InChI=1S/C31H30FN3O6/c1-38-21-6-8-25-23(13-21)24(14-26(35-25)17-10-28(39-2)30(41-4)29(11-17)40-3)31(37)34-20(16-36)9-18-15-33-27-12-19(32)5-7-22(18)27/h5-8,10-15,20,33,36H,9,16H2,1-4H3,(H,34,37)/t20-/m1/s1. The maximum atomic E-state index is 13.8. The number of aromatic nitrogens is 2. The molecule has 0 aliphatic carbocycles. The van der Waals surface area contributed by atoms with E-state index in [1.54, 1.807) is 55.8 Å². The van der Waals surface area contributed by atoms with Crippen molar-refractivity contribution in [1.29, 1.82) is 0 Å². The molecule has 5 rings (SSSR count). The average molecular weight is 560 g/mol. The minimum atomic E-state index is -0.606. The van der Waals surface area contributed by atoms with Gasteiger partial charge < -0.3 is 34.4 Å². The van der Waals surface area contributed by atoms with Crippen molar-refractivity contribution in [3.8, 4) is 34.3 Å². The Morgan fingerprint density at radius 3 is 2.37 bits per heavy atom. The zero-order valence-electron chi connectivity index (χ0n) is 23.1. The van der Waals surface area contributed by atoms with Gasteiger partial charge in [-0.05, 0) is 66.6 Å². The quantitative estimate of drug-likeness (QED) is 0.223. The molecule has 0 fully saturated rings. The van der Waals surface area contributed by atoms with Crippen molar-refractivity contribution < 1.29 is 33.2 Å². The van der Waals surface area contributed by atoms with Crippen molar-refractivity contribution >= 4 is 27.7 Å². The summed E-state index contributed by atoms with van der Waals surface area (Å²) in [7, 11) is 6.13. The fourth-order valence-corrected chi connectivity index (χ4v) is 4.91. The number of ether oxygens (including phenoxy) is 4. The molecule has 1 amide bonds. The summed E-state index contributed by atoms with van der Waals surface area (Å²) in [5.74, 6) is 1.16. The van der Waals surface area contributed by atoms with Gasteiger partial charge in [0.1, 0.15) is 11.6 Å². The monoisotopic (exact) mass is 559 g/mol. The summed E-state index contributed by atoms with van der Waals surface area (Å²) in [6.07, 6.45) is 2.09. The number of methoxy groups -OCH3 is 4. The van der Waals surface area contributed by atoms with Gasteiger partial charge in [-0.1, -0.05) is 0 Å². The fourth-order valence-electron chi connectivity index (χ4n) is 4.91. The molecule has 2 heterocycles. The fraction of sp³-hybridized carbons (Fsp3) is 0.226. The third kappa shape index (κ3) is 5.46. The van der Waals surface area contributed by atoms with Gasteiger partial charge >= 0.3 is 0 Å². The number of amides is 1. The van der Waals surface area contributed by atoms with Crippen molar-refractivity contribution in [2.75, 3.05) is 35.0 Å². The van der Waals surface area contributed by atoms with Crippen LogP contribution >= 0.6 is 0 Å². The zero-order chi connectivity index (χ0) is 29.1. The van der Waals surface area contributed by atoms with Gasteiger partial charge in [0.05, 0.1) is 57.9 Å². The molecular formula is C31H30FN3O6. The van der Waals surface area contributed by atoms with Crippen molar-refractivity contribution in [3.63, 3.8) is 0 Å². The van der Waals surface area contributed by atoms with E-state index in [4.69, 9.17) is 23.9 Å². The zero-order valence-corrected chi connectivity index (χ0v) is 23.1. The number of aromatic amines is 1. The lowest BCUT2D eigenvalue weighted by atomic mass is 10.0. The second kappa shape index (κ2) is 11.7. The highest BCUT2D eigenvalue weighted by Crippen LogP contribution is 2.41. The predicted molar refractivity (Wildman–Crippen MR) is 154 cm³/mol. The van der Waals surface area contributed by atoms with Gasteiger partial charge in [0, 0.05) is 28.0 Å². The number of halogens is 1. The average Bonchev–Trinajstić information content (AvgIpc) is 3.39. The Bertz CT molecular complexity index is 1710. The molecule has 3 N–H and O–H groups in total. The topological polar surface area (TPSA) is 115 Å². The molecule has 0 unspecified atom stereocenters. The summed E-state index contributed by atoms with van der Waals surface area (Å²) in [6, 6.07) is 14.4. The lowest BCUT2D eigenvalue weighted by Crippen LogP contribution is -2.39. The molecule has 2 aromatic heterocycles. The Kier molecular flexibility index (Phi) is 7.93. The van der Waals surface area contributed by atoms with E-state index in [9.17, 15) is 14.3 Å². The first-order chi connectivity index (χ1) is 19.9. The van der Waals surface area contributed by atoms with Crippen LogP contribution in [-0.4, -0.2) is 62.1 Å². The van der Waals surface area contributed by atoms with E-state index in [1.807, 2.05) is 0 Å². The van der Waals surface area contributed by atoms with Crippen molar-refractivity contribution in [2.24, 2.45) is 0 Å². The molecular weight excluding hydrogens is 529 g/mol. The highest BCUT2D eigenvalue weighted by Gasteiger charge is 2.21. The van der Waals surface area contributed by atoms with Gasteiger partial charge in [-0.3, -0.25) is 4.79 Å². The van der Waals surface area contributed by atoms with Crippen LogP contribution in [0.2, 0.25) is 0 Å². The van der Waals surface area contributed by atoms with E-state index >= 15 is 0 Å². The van der Waals surface area contributed by atoms with E-state index in [2.05, 4.69) is 10.3 Å². The maximum Gasteiger partial charge on any atom is 0.252 e. The number of carbonyl (C=O) groups is 1. The van der Waals surface area contributed by atoms with Crippen molar-refractivity contribution in [2.45, 2.75) is 12.5 Å². The molecule has 0 spiro atoms. The lowest BCUT2D eigenvalue weighted by molar-refractivity contribution is 0.0918. The summed E-state index contributed by atoms with van der Waals surface area (Å²) in [5, 5.41) is 14.5. The van der Waals surface area contributed by atoms with Gasteiger partial charge in [-0.25, -0.2) is 9.37 Å². The minimum absolute atomic E-state index is 0.300. The number of pyridine rings is 1. The first-order valence-corrected chi connectivity index (χ1v) is 12.9. The largest absolute Gasteiger partial charge is 0.497 e. The summed E-state index contributed by atoms with van der Waals surface area (Å²) in [4.78, 5) is 21.6. The molecule has 212 valence electrons. The Hall–Kier alpha value is -4.83. The third-order valence-electron chi connectivity index (χ3n) is 6.97. The smallest absolute Gasteiger partial charge is 0.252 e. The summed E-state index contributed by atoms with van der Waals surface area (Å²) in [6.45, 7) is -0.300. The van der Waals surface area contributed by atoms with Crippen LogP contribution < -0.4 is 24.3 Å². The van der Waals surface area contributed by atoms with E-state index < -0.39 is 11.9 Å². The highest BCUT2D eigenvalue weighted by atomic mass is 19.1. The third-order valence-corrected chi connectivity index (χ3v) is 6.97. The second-order valence-electron chi connectivity index (χ2n) is 9.41. The SMILES string of the molecule is COc1ccc2nc(-c3cc(OC)c(OC)c(OC)c3)cc(C(=O)N[C@@H](CO)Cc3c[nH]c4cc(F)ccc34)c2c1. The van der Waals surface area contributed by atoms with Gasteiger partial charge in [0.15, 0.2) is 11.5 Å². The van der Waals surface area contributed by atoms with Crippen LogP contribution in [-0.2, 0) is 6.42 Å². The van der Waals surface area contributed by atoms with Gasteiger partial charge in [-0.2, -0.15) is 0 Å². The van der Waals surface area contributed by atoms with Gasteiger partial charge in [-0.15, -0.1) is 0 Å². The molecule has 3 aromatic carbocycles. The molecule has 0 saturated carbocycles. The van der Waals surface area contributed by atoms with Crippen LogP contribution in [0.25, 0.3) is 33.1 Å². The number of benzene rings is 3. The number of aliphatic hydroxyl groups excluding tert-OH is 1. The molecule has 9 nitrogen and oxygen atoms in total. The Morgan fingerprint density at radius 2 is 1.71 bits per heavy atom. The van der Waals surface area contributed by atoms with E-state index in [0.29, 0.717) is 62.7 Å². The van der Waals surface area contributed by atoms with E-state index in [1.165, 1.54) is 33.5 Å². The molecule has 0 bridgehead atoms. The molecule has 0 aliphatic rings. The van der Waals surface area contributed by atoms with Crippen LogP contribution in [0, 0.1) is 5.82 Å². The van der Waals surface area contributed by atoms with E-state index in [-0.39, 0.29) is 12.4 Å². The number of hydrogen-bond donors (Lipinski definition) is 3. The predicted octanol–water partition coefficient (Wildman–Crippen LogP) is 4.89. The number of nitrogens with zero attached hydrogens (tertiary/aromatic N) is 1. The van der Waals surface area contributed by atoms with Crippen LogP contribution in [0.1, 0.15) is 15.9 Å². The number of H-pyrrole nitrogens is 1. The molecule has 41 heavy (non-hydrogen) atoms. The highest BCUT2D eigenvalue weighted by molar-refractivity contribution is 6.07. The Labute approximate surface area is 235 Å². The van der Waals surface area contributed by atoms with Gasteiger partial charge in [0.2, 0.25) is 5.75 Å². The number of fused-ring (bicyclic) bond motifs is 2. The second-order valence-corrected chi connectivity index (χ2v) is 9.41. The molecule has 1 atom stereocenters. The van der Waals surface area contributed by atoms with Gasteiger partial charge in [0.25, 0.3) is 5.91 Å². The summed E-state index contributed by atoms with van der Waals surface area (Å²) >= 11 is 0. The van der Waals surface area contributed by atoms with Crippen LogP contribution in [0.15, 0.2) is 60.8 Å². The Morgan fingerprint density at radius 1 is 0.951 bits per heavy atom. The van der Waals surface area contributed by atoms with Crippen LogP contribution in [0.3, 0.4) is 0 Å². The molecule has 0 aliphatic heterocycles. The van der Waals surface area contributed by atoms with Crippen LogP contribution in [0.4, 0.5) is 4.39 Å². The first-order valence-electron chi connectivity index (χ1n) is 12.9. The first kappa shape index (κ1) is 27.7. The van der Waals surface area contributed by atoms with Crippen LogP contribution in [0.5, 0.6) is 23.0 Å². The van der Waals surface area contributed by atoms with Crippen molar-refractivity contribution in [1.82, 2.24) is 15.3 Å². The van der Waals surface area contributed by atoms with Crippen molar-refractivity contribution in [3.05, 3.63) is 77.7 Å². The normalized spacial score (nSPS) is 11.9. The number of nitrogens with one attached hydrogen (secondary N) is 2. The maximum absolute atomic E-state index is 13.8. The summed E-state index contributed by atoms with van der Waals surface area (Å²) < 4.78 is 35.5.